The molecular formula is C16H28N2S. The van der Waals surface area contributed by atoms with Crippen LogP contribution in [-0.2, 0) is 6.42 Å². The number of nitrogens with one attached hydrogen (secondary N) is 1. The van der Waals surface area contributed by atoms with Crippen molar-refractivity contribution in [3.8, 4) is 0 Å². The highest BCUT2D eigenvalue weighted by molar-refractivity contribution is 7.09. The van der Waals surface area contributed by atoms with Gasteiger partial charge >= 0.3 is 0 Å². The lowest BCUT2D eigenvalue weighted by atomic mass is 9.70. The molecule has 1 heterocycles. The second-order valence-electron chi connectivity index (χ2n) is 6.73. The SMILES string of the molecule is CCCNC(Cc1cncs1)C1CCC(C)(C)CC1. The van der Waals surface area contributed by atoms with Crippen molar-refractivity contribution in [2.75, 3.05) is 6.54 Å². The number of hydrogen-bond acceptors (Lipinski definition) is 3. The Morgan fingerprint density at radius 1 is 1.42 bits per heavy atom. The second kappa shape index (κ2) is 6.85. The maximum Gasteiger partial charge on any atom is 0.0794 e. The van der Waals surface area contributed by atoms with E-state index in [1.807, 2.05) is 11.7 Å². The third kappa shape index (κ3) is 4.57. The van der Waals surface area contributed by atoms with Crippen molar-refractivity contribution in [3.05, 3.63) is 16.6 Å². The number of aromatic nitrogens is 1. The molecule has 2 nitrogen and oxygen atoms in total. The normalized spacial score (nSPS) is 21.4. The Bertz CT molecular complexity index is 349. The van der Waals surface area contributed by atoms with Crippen molar-refractivity contribution in [2.24, 2.45) is 11.3 Å². The van der Waals surface area contributed by atoms with E-state index in [-0.39, 0.29) is 0 Å². The molecule has 0 saturated heterocycles. The molecule has 3 heteroatoms. The molecule has 0 amide bonds. The van der Waals surface area contributed by atoms with Crippen LogP contribution in [0.3, 0.4) is 0 Å². The minimum absolute atomic E-state index is 0.566. The summed E-state index contributed by atoms with van der Waals surface area (Å²) < 4.78 is 0. The zero-order valence-electron chi connectivity index (χ0n) is 12.6. The van der Waals surface area contributed by atoms with E-state index in [1.54, 1.807) is 11.3 Å². The molecule has 1 unspecified atom stereocenters. The second-order valence-corrected chi connectivity index (χ2v) is 7.71. The average Bonchev–Trinajstić information content (AvgIpc) is 2.87. The number of nitrogens with zero attached hydrogens (tertiary/aromatic N) is 1. The Morgan fingerprint density at radius 3 is 2.74 bits per heavy atom. The third-order valence-electron chi connectivity index (χ3n) is 4.51. The zero-order chi connectivity index (χ0) is 13.7. The van der Waals surface area contributed by atoms with Crippen molar-refractivity contribution < 1.29 is 0 Å². The summed E-state index contributed by atoms with van der Waals surface area (Å²) in [7, 11) is 0. The quantitative estimate of drug-likeness (QED) is 0.841. The van der Waals surface area contributed by atoms with Gasteiger partial charge in [0.15, 0.2) is 0 Å². The topological polar surface area (TPSA) is 24.9 Å². The zero-order valence-corrected chi connectivity index (χ0v) is 13.4. The molecule has 1 aromatic rings. The summed E-state index contributed by atoms with van der Waals surface area (Å²) in [4.78, 5) is 5.64. The first kappa shape index (κ1) is 15.0. The van der Waals surface area contributed by atoms with Crippen LogP contribution >= 0.6 is 11.3 Å². The first-order valence-electron chi connectivity index (χ1n) is 7.71. The fourth-order valence-corrected chi connectivity index (χ4v) is 3.77. The average molecular weight is 280 g/mol. The van der Waals surface area contributed by atoms with Crippen molar-refractivity contribution in [3.63, 3.8) is 0 Å². The number of thiazole rings is 1. The Kier molecular flexibility index (Phi) is 5.40. The predicted molar refractivity (Wildman–Crippen MR) is 83.6 cm³/mol. The first-order valence-corrected chi connectivity index (χ1v) is 8.59. The van der Waals surface area contributed by atoms with Crippen LogP contribution in [-0.4, -0.2) is 17.6 Å². The largest absolute Gasteiger partial charge is 0.313 e. The Morgan fingerprint density at radius 2 is 2.16 bits per heavy atom. The molecule has 1 saturated carbocycles. The van der Waals surface area contributed by atoms with Gasteiger partial charge in [-0.2, -0.15) is 0 Å². The summed E-state index contributed by atoms with van der Waals surface area (Å²) >= 11 is 1.80. The fraction of sp³-hybridized carbons (Fsp3) is 0.812. The summed E-state index contributed by atoms with van der Waals surface area (Å²) in [5, 5.41) is 3.78. The van der Waals surface area contributed by atoms with Crippen LogP contribution in [0.1, 0.15) is 57.8 Å². The summed E-state index contributed by atoms with van der Waals surface area (Å²) in [5.41, 5.74) is 2.52. The molecule has 0 radical (unpaired) electrons. The monoisotopic (exact) mass is 280 g/mol. The van der Waals surface area contributed by atoms with Crippen LogP contribution in [0.2, 0.25) is 0 Å². The van der Waals surface area contributed by atoms with Gasteiger partial charge in [-0.3, -0.25) is 4.98 Å². The van der Waals surface area contributed by atoms with Gasteiger partial charge in [0.05, 0.1) is 5.51 Å². The van der Waals surface area contributed by atoms with Crippen LogP contribution in [0.4, 0.5) is 0 Å². The molecule has 1 atom stereocenters. The highest BCUT2D eigenvalue weighted by Crippen LogP contribution is 2.39. The Hall–Kier alpha value is -0.410. The van der Waals surface area contributed by atoms with Crippen molar-refractivity contribution >= 4 is 11.3 Å². The van der Waals surface area contributed by atoms with Crippen molar-refractivity contribution in [2.45, 2.75) is 65.3 Å². The summed E-state index contributed by atoms with van der Waals surface area (Å²) in [6, 6.07) is 0.650. The van der Waals surface area contributed by atoms with Gasteiger partial charge < -0.3 is 5.32 Å². The first-order chi connectivity index (χ1) is 9.11. The molecule has 1 aromatic heterocycles. The highest BCUT2D eigenvalue weighted by atomic mass is 32.1. The van der Waals surface area contributed by atoms with Gasteiger partial charge in [0.1, 0.15) is 0 Å². The molecule has 1 aliphatic rings. The minimum Gasteiger partial charge on any atom is -0.313 e. The van der Waals surface area contributed by atoms with E-state index in [1.165, 1.54) is 37.0 Å². The molecule has 1 N–H and O–H groups in total. The smallest absolute Gasteiger partial charge is 0.0794 e. The van der Waals surface area contributed by atoms with Crippen LogP contribution < -0.4 is 5.32 Å². The lowest BCUT2D eigenvalue weighted by Crippen LogP contribution is -2.41. The number of hydrogen-bond donors (Lipinski definition) is 1. The van der Waals surface area contributed by atoms with Gasteiger partial charge in [0.2, 0.25) is 0 Å². The summed E-state index contributed by atoms with van der Waals surface area (Å²) in [6.45, 7) is 8.23. The van der Waals surface area contributed by atoms with Gasteiger partial charge in [-0.25, -0.2) is 0 Å². The van der Waals surface area contributed by atoms with Crippen LogP contribution in [0.5, 0.6) is 0 Å². The van der Waals surface area contributed by atoms with E-state index in [2.05, 4.69) is 31.1 Å². The molecule has 0 aromatic carbocycles. The summed E-state index contributed by atoms with van der Waals surface area (Å²) in [6.07, 6.45) is 9.95. The molecule has 1 fully saturated rings. The predicted octanol–water partition coefficient (Wildman–Crippen LogP) is 4.27. The van der Waals surface area contributed by atoms with E-state index in [0.29, 0.717) is 11.5 Å². The van der Waals surface area contributed by atoms with E-state index in [4.69, 9.17) is 0 Å². The van der Waals surface area contributed by atoms with Gasteiger partial charge in [-0.1, -0.05) is 20.8 Å². The molecule has 0 spiro atoms. The van der Waals surface area contributed by atoms with Gasteiger partial charge in [-0.15, -0.1) is 11.3 Å². The van der Waals surface area contributed by atoms with Crippen LogP contribution in [0.25, 0.3) is 0 Å². The molecule has 0 bridgehead atoms. The molecule has 1 aliphatic carbocycles. The Labute approximate surface area is 122 Å². The molecular weight excluding hydrogens is 252 g/mol. The molecule has 108 valence electrons. The van der Waals surface area contributed by atoms with Gasteiger partial charge in [0.25, 0.3) is 0 Å². The van der Waals surface area contributed by atoms with Crippen molar-refractivity contribution in [1.82, 2.24) is 10.3 Å². The van der Waals surface area contributed by atoms with E-state index >= 15 is 0 Å². The minimum atomic E-state index is 0.566. The lowest BCUT2D eigenvalue weighted by Gasteiger charge is -2.38. The van der Waals surface area contributed by atoms with E-state index in [9.17, 15) is 0 Å². The maximum atomic E-state index is 4.21. The van der Waals surface area contributed by atoms with Crippen LogP contribution in [0.15, 0.2) is 11.7 Å². The highest BCUT2D eigenvalue weighted by Gasteiger charge is 2.31. The third-order valence-corrected chi connectivity index (χ3v) is 5.32. The Balaban J connectivity index is 1.93. The van der Waals surface area contributed by atoms with Gasteiger partial charge in [-0.05, 0) is 56.4 Å². The number of rotatable bonds is 6. The van der Waals surface area contributed by atoms with E-state index < -0.39 is 0 Å². The lowest BCUT2D eigenvalue weighted by molar-refractivity contribution is 0.161. The van der Waals surface area contributed by atoms with Crippen molar-refractivity contribution in [1.29, 1.82) is 0 Å². The molecule has 0 aliphatic heterocycles. The van der Waals surface area contributed by atoms with E-state index in [0.717, 1.165) is 18.9 Å². The summed E-state index contributed by atoms with van der Waals surface area (Å²) in [5.74, 6) is 0.849. The standard InChI is InChI=1S/C16H28N2S/c1-4-9-18-15(10-14-11-17-12-19-14)13-5-7-16(2,3)8-6-13/h11-13,15,18H,4-10H2,1-3H3. The van der Waals surface area contributed by atoms with Crippen LogP contribution in [0, 0.1) is 11.3 Å². The maximum absolute atomic E-state index is 4.21. The van der Waals surface area contributed by atoms with Gasteiger partial charge in [0, 0.05) is 17.1 Å². The fourth-order valence-electron chi connectivity index (χ4n) is 3.12. The molecule has 2 rings (SSSR count). The molecule has 19 heavy (non-hydrogen) atoms.